The molecule has 0 amide bonds. The van der Waals surface area contributed by atoms with Crippen LogP contribution < -0.4 is 10.5 Å². The van der Waals surface area contributed by atoms with Crippen molar-refractivity contribution in [2.75, 3.05) is 11.9 Å². The molecule has 6 nitrogen and oxygen atoms in total. The molecule has 3 N–H and O–H groups in total. The minimum absolute atomic E-state index is 0.101. The molecule has 1 aromatic carbocycles. The molecule has 2 atom stereocenters. The second kappa shape index (κ2) is 8.54. The van der Waals surface area contributed by atoms with Gasteiger partial charge in [-0.2, -0.15) is 0 Å². The van der Waals surface area contributed by atoms with Crippen molar-refractivity contribution >= 4 is 26.6 Å². The van der Waals surface area contributed by atoms with Crippen molar-refractivity contribution in [3.63, 3.8) is 0 Å². The fourth-order valence-electron chi connectivity index (χ4n) is 3.63. The third-order valence-corrected chi connectivity index (χ3v) is 6.08. The van der Waals surface area contributed by atoms with Crippen molar-refractivity contribution in [1.82, 2.24) is 4.98 Å². The number of nitrogens with zero attached hydrogens (tertiary/aromatic N) is 1. The Labute approximate surface area is 161 Å². The van der Waals surface area contributed by atoms with Crippen LogP contribution >= 0.6 is 0 Å². The highest BCUT2D eigenvalue weighted by atomic mass is 32.2. The summed E-state index contributed by atoms with van der Waals surface area (Å²) >= 11 is 0. The molecule has 1 saturated carbocycles. The van der Waals surface area contributed by atoms with Crippen LogP contribution in [0, 0.1) is 5.92 Å². The van der Waals surface area contributed by atoms with Gasteiger partial charge in [-0.05, 0) is 49.4 Å². The molecule has 7 heteroatoms. The number of nitrogens with one attached hydrogen (secondary N) is 1. The molecular formula is C20H29N3O3S. The molecule has 1 aliphatic rings. The molecule has 1 heterocycles. The molecule has 1 aromatic heterocycles. The highest BCUT2D eigenvalue weighted by molar-refractivity contribution is 7.89. The van der Waals surface area contributed by atoms with Crippen LogP contribution in [0.5, 0.6) is 0 Å². The first-order valence-corrected chi connectivity index (χ1v) is 11.2. The summed E-state index contributed by atoms with van der Waals surface area (Å²) in [6.07, 6.45) is 7.27. The predicted octanol–water partition coefficient (Wildman–Crippen LogP) is 3.67. The molecule has 0 aliphatic heterocycles. The van der Waals surface area contributed by atoms with Gasteiger partial charge in [0, 0.05) is 18.2 Å². The van der Waals surface area contributed by atoms with Crippen molar-refractivity contribution in [2.45, 2.75) is 63.0 Å². The van der Waals surface area contributed by atoms with Gasteiger partial charge in [0.15, 0.2) is 0 Å². The molecule has 0 radical (unpaired) electrons. The van der Waals surface area contributed by atoms with Gasteiger partial charge in [-0.3, -0.25) is 4.98 Å². The number of ether oxygens (including phenoxy) is 1. The molecule has 0 spiro atoms. The van der Waals surface area contributed by atoms with E-state index >= 15 is 0 Å². The van der Waals surface area contributed by atoms with E-state index < -0.39 is 10.0 Å². The zero-order chi connectivity index (χ0) is 19.4. The van der Waals surface area contributed by atoms with Crippen molar-refractivity contribution < 1.29 is 13.2 Å². The maximum Gasteiger partial charge on any atom is 0.238 e. The SMILES string of the molecule is CC(C)CCOC1CCCCC1Nc1ccc(S(N)(=O)=O)c2cccnc12. The summed E-state index contributed by atoms with van der Waals surface area (Å²) in [5, 5.41) is 9.47. The van der Waals surface area contributed by atoms with E-state index in [9.17, 15) is 8.42 Å². The van der Waals surface area contributed by atoms with Gasteiger partial charge in [-0.1, -0.05) is 26.7 Å². The lowest BCUT2D eigenvalue weighted by Gasteiger charge is -2.33. The van der Waals surface area contributed by atoms with E-state index in [1.165, 1.54) is 6.42 Å². The van der Waals surface area contributed by atoms with Gasteiger partial charge in [0.05, 0.1) is 28.2 Å². The lowest BCUT2D eigenvalue weighted by atomic mass is 9.92. The zero-order valence-corrected chi connectivity index (χ0v) is 16.8. The van der Waals surface area contributed by atoms with Crippen LogP contribution in [-0.4, -0.2) is 32.2 Å². The molecule has 0 bridgehead atoms. The Kier molecular flexibility index (Phi) is 6.34. The summed E-state index contributed by atoms with van der Waals surface area (Å²) in [6.45, 7) is 5.17. The molecule has 2 unspecified atom stereocenters. The number of primary sulfonamides is 1. The lowest BCUT2D eigenvalue weighted by molar-refractivity contribution is 0.0150. The molecule has 1 aliphatic carbocycles. The Hall–Kier alpha value is -1.70. The number of sulfonamides is 1. The average molecular weight is 392 g/mol. The number of benzene rings is 1. The quantitative estimate of drug-likeness (QED) is 0.751. The van der Waals surface area contributed by atoms with E-state index in [1.54, 1.807) is 30.5 Å². The van der Waals surface area contributed by atoms with Crippen LogP contribution in [0.1, 0.15) is 46.0 Å². The van der Waals surface area contributed by atoms with Crippen molar-refractivity contribution in [2.24, 2.45) is 11.1 Å². The number of aromatic nitrogens is 1. The van der Waals surface area contributed by atoms with Crippen molar-refractivity contribution in [1.29, 1.82) is 0 Å². The second-order valence-electron chi connectivity index (χ2n) is 7.68. The minimum atomic E-state index is -3.80. The third kappa shape index (κ3) is 4.97. The number of rotatable bonds is 7. The van der Waals surface area contributed by atoms with E-state index in [0.29, 0.717) is 16.8 Å². The Morgan fingerprint density at radius 1 is 1.26 bits per heavy atom. The number of anilines is 1. The maximum atomic E-state index is 11.9. The van der Waals surface area contributed by atoms with Gasteiger partial charge in [0.25, 0.3) is 0 Å². The highest BCUT2D eigenvalue weighted by Crippen LogP contribution is 2.31. The summed E-state index contributed by atoms with van der Waals surface area (Å²) < 4.78 is 29.9. The molecular weight excluding hydrogens is 362 g/mol. The molecule has 1 fully saturated rings. The van der Waals surface area contributed by atoms with Crippen LogP contribution in [-0.2, 0) is 14.8 Å². The molecule has 148 valence electrons. The van der Waals surface area contributed by atoms with Crippen molar-refractivity contribution in [3.05, 3.63) is 30.5 Å². The monoisotopic (exact) mass is 391 g/mol. The first-order valence-electron chi connectivity index (χ1n) is 9.65. The largest absolute Gasteiger partial charge is 0.378 e. The zero-order valence-electron chi connectivity index (χ0n) is 16.0. The summed E-state index contributed by atoms with van der Waals surface area (Å²) in [7, 11) is -3.80. The summed E-state index contributed by atoms with van der Waals surface area (Å²) in [5.74, 6) is 0.624. The number of fused-ring (bicyclic) bond motifs is 1. The van der Waals surface area contributed by atoms with Crippen LogP contribution in [0.2, 0.25) is 0 Å². The van der Waals surface area contributed by atoms with E-state index in [2.05, 4.69) is 24.1 Å². The van der Waals surface area contributed by atoms with Gasteiger partial charge < -0.3 is 10.1 Å². The number of hydrogen-bond donors (Lipinski definition) is 2. The van der Waals surface area contributed by atoms with E-state index in [-0.39, 0.29) is 17.0 Å². The highest BCUT2D eigenvalue weighted by Gasteiger charge is 2.27. The first kappa shape index (κ1) is 20.0. The van der Waals surface area contributed by atoms with Gasteiger partial charge in [-0.25, -0.2) is 13.6 Å². The fourth-order valence-corrected chi connectivity index (χ4v) is 4.36. The van der Waals surface area contributed by atoms with Crippen LogP contribution in [0.25, 0.3) is 10.9 Å². The number of hydrogen-bond acceptors (Lipinski definition) is 5. The standard InChI is InChI=1S/C20H29N3O3S/c1-14(2)11-13-26-18-8-4-3-7-16(18)23-17-9-10-19(27(21,24)25)15-6-5-12-22-20(15)17/h5-6,9-10,12,14,16,18,23H,3-4,7-8,11,13H2,1-2H3,(H2,21,24,25). The topological polar surface area (TPSA) is 94.3 Å². The fraction of sp³-hybridized carbons (Fsp3) is 0.550. The number of pyridine rings is 1. The Morgan fingerprint density at radius 2 is 2.04 bits per heavy atom. The lowest BCUT2D eigenvalue weighted by Crippen LogP contribution is -2.38. The molecule has 2 aromatic rings. The smallest absolute Gasteiger partial charge is 0.238 e. The van der Waals surface area contributed by atoms with E-state index in [0.717, 1.165) is 38.0 Å². The average Bonchev–Trinajstić information content (AvgIpc) is 2.62. The Balaban J connectivity index is 1.84. The van der Waals surface area contributed by atoms with Gasteiger partial charge in [0.2, 0.25) is 10.0 Å². The second-order valence-corrected chi connectivity index (χ2v) is 9.21. The Morgan fingerprint density at radius 3 is 2.78 bits per heavy atom. The minimum Gasteiger partial charge on any atom is -0.378 e. The van der Waals surface area contributed by atoms with Crippen LogP contribution in [0.15, 0.2) is 35.4 Å². The van der Waals surface area contributed by atoms with Gasteiger partial charge >= 0.3 is 0 Å². The van der Waals surface area contributed by atoms with Crippen LogP contribution in [0.4, 0.5) is 5.69 Å². The maximum absolute atomic E-state index is 11.9. The molecule has 27 heavy (non-hydrogen) atoms. The number of nitrogens with two attached hydrogens (primary N) is 1. The van der Waals surface area contributed by atoms with E-state index in [1.807, 2.05) is 0 Å². The first-order chi connectivity index (χ1) is 12.9. The van der Waals surface area contributed by atoms with E-state index in [4.69, 9.17) is 9.88 Å². The van der Waals surface area contributed by atoms with Crippen LogP contribution in [0.3, 0.4) is 0 Å². The van der Waals surface area contributed by atoms with Gasteiger partial charge in [0.1, 0.15) is 0 Å². The molecule has 0 saturated heterocycles. The van der Waals surface area contributed by atoms with Crippen molar-refractivity contribution in [3.8, 4) is 0 Å². The molecule has 3 rings (SSSR count). The summed E-state index contributed by atoms with van der Waals surface area (Å²) in [6, 6.07) is 6.97. The van der Waals surface area contributed by atoms with Gasteiger partial charge in [-0.15, -0.1) is 0 Å². The normalized spacial score (nSPS) is 20.9. The summed E-state index contributed by atoms with van der Waals surface area (Å²) in [4.78, 5) is 4.51. The Bertz CT molecular complexity index is 883. The third-order valence-electron chi connectivity index (χ3n) is 5.11. The predicted molar refractivity (Wildman–Crippen MR) is 108 cm³/mol. The summed E-state index contributed by atoms with van der Waals surface area (Å²) in [5.41, 5.74) is 1.44.